The Hall–Kier alpha value is -3.66. The highest BCUT2D eigenvalue weighted by molar-refractivity contribution is 5.96. The SMILES string of the molecule is CC(=O)N(C(Cc1ccccc1)C(O)C(F)(F)F)N1C(=O)C(C(C)C)N(C=O)C=C1c1ccccc1. The van der Waals surface area contributed by atoms with E-state index < -0.39 is 42.1 Å². The summed E-state index contributed by atoms with van der Waals surface area (Å²) in [6, 6.07) is 13.4. The van der Waals surface area contributed by atoms with E-state index in [1.165, 1.54) is 6.20 Å². The van der Waals surface area contributed by atoms with Crippen molar-refractivity contribution in [2.45, 2.75) is 51.6 Å². The van der Waals surface area contributed by atoms with Crippen molar-refractivity contribution in [3.63, 3.8) is 0 Å². The minimum absolute atomic E-state index is 0.0345. The highest BCUT2D eigenvalue weighted by atomic mass is 19.4. The molecule has 0 spiro atoms. The van der Waals surface area contributed by atoms with Crippen LogP contribution >= 0.6 is 0 Å². The lowest BCUT2D eigenvalue weighted by atomic mass is 9.97. The van der Waals surface area contributed by atoms with Crippen LogP contribution in [0.25, 0.3) is 5.70 Å². The zero-order chi connectivity index (χ0) is 26.6. The molecule has 0 aromatic heterocycles. The quantitative estimate of drug-likeness (QED) is 0.559. The van der Waals surface area contributed by atoms with Gasteiger partial charge in [-0.25, -0.2) is 10.0 Å². The first-order chi connectivity index (χ1) is 17.0. The fourth-order valence-electron chi connectivity index (χ4n) is 4.33. The molecule has 1 aliphatic heterocycles. The summed E-state index contributed by atoms with van der Waals surface area (Å²) >= 11 is 0. The van der Waals surface area contributed by atoms with Crippen molar-refractivity contribution in [3.05, 3.63) is 78.0 Å². The van der Waals surface area contributed by atoms with E-state index in [1.54, 1.807) is 74.5 Å². The van der Waals surface area contributed by atoms with Gasteiger partial charge in [-0.1, -0.05) is 74.5 Å². The van der Waals surface area contributed by atoms with Crippen LogP contribution in [-0.4, -0.2) is 62.6 Å². The molecule has 1 heterocycles. The monoisotopic (exact) mass is 503 g/mol. The average molecular weight is 504 g/mol. The molecule has 0 bridgehead atoms. The van der Waals surface area contributed by atoms with Gasteiger partial charge < -0.3 is 10.0 Å². The lowest BCUT2D eigenvalue weighted by Crippen LogP contribution is -2.64. The summed E-state index contributed by atoms with van der Waals surface area (Å²) in [7, 11) is 0. The van der Waals surface area contributed by atoms with Crippen molar-refractivity contribution < 1.29 is 32.7 Å². The van der Waals surface area contributed by atoms with Gasteiger partial charge in [-0.3, -0.25) is 14.4 Å². The van der Waals surface area contributed by atoms with E-state index in [0.29, 0.717) is 22.5 Å². The van der Waals surface area contributed by atoms with Crippen LogP contribution in [-0.2, 0) is 20.8 Å². The van der Waals surface area contributed by atoms with Crippen LogP contribution in [0.3, 0.4) is 0 Å². The Morgan fingerprint density at radius 3 is 2.11 bits per heavy atom. The van der Waals surface area contributed by atoms with Crippen LogP contribution in [0.5, 0.6) is 0 Å². The van der Waals surface area contributed by atoms with Crippen molar-refractivity contribution >= 4 is 23.9 Å². The Morgan fingerprint density at radius 2 is 1.64 bits per heavy atom. The Bertz CT molecular complexity index is 1110. The highest BCUT2D eigenvalue weighted by Crippen LogP contribution is 2.35. The number of hydrogen-bond acceptors (Lipinski definition) is 4. The maximum absolute atomic E-state index is 13.9. The number of halogens is 3. The van der Waals surface area contributed by atoms with E-state index in [4.69, 9.17) is 0 Å². The molecular weight excluding hydrogens is 475 g/mol. The maximum Gasteiger partial charge on any atom is 0.416 e. The van der Waals surface area contributed by atoms with Gasteiger partial charge in [-0.05, 0) is 17.9 Å². The van der Waals surface area contributed by atoms with Gasteiger partial charge in [0.15, 0.2) is 6.10 Å². The van der Waals surface area contributed by atoms with Gasteiger partial charge in [0.05, 0.1) is 11.7 Å². The number of carbonyl (C=O) groups excluding carboxylic acids is 3. The molecule has 0 saturated carbocycles. The van der Waals surface area contributed by atoms with Gasteiger partial charge in [0.25, 0.3) is 5.91 Å². The summed E-state index contributed by atoms with van der Waals surface area (Å²) in [5.74, 6) is -2.06. The lowest BCUT2D eigenvalue weighted by Gasteiger charge is -2.47. The molecule has 2 aromatic rings. The number of aliphatic hydroxyl groups excluding tert-OH is 1. The second-order valence-corrected chi connectivity index (χ2v) is 8.88. The standard InChI is InChI=1S/C26H28F3N3O4/c1-17(2)23-25(36)32(22(15-30(23)16-33)20-12-8-5-9-13-20)31(18(3)34)21(24(35)26(27,28)29)14-19-10-6-4-7-11-19/h4-13,15-17,21,23-24,35H,14H2,1-3H3. The molecule has 3 unspecified atom stereocenters. The molecule has 10 heteroatoms. The second-order valence-electron chi connectivity index (χ2n) is 8.88. The number of hydrogen-bond donors (Lipinski definition) is 1. The summed E-state index contributed by atoms with van der Waals surface area (Å²) < 4.78 is 41.6. The summed E-state index contributed by atoms with van der Waals surface area (Å²) in [6.45, 7) is 4.40. The molecule has 36 heavy (non-hydrogen) atoms. The predicted molar refractivity (Wildman–Crippen MR) is 126 cm³/mol. The van der Waals surface area contributed by atoms with Crippen molar-refractivity contribution in [2.24, 2.45) is 5.92 Å². The number of rotatable bonds is 8. The van der Waals surface area contributed by atoms with Gasteiger partial charge in [0, 0.05) is 18.7 Å². The first kappa shape index (κ1) is 26.9. The van der Waals surface area contributed by atoms with Crippen molar-refractivity contribution in [1.82, 2.24) is 14.9 Å². The van der Waals surface area contributed by atoms with Crippen molar-refractivity contribution in [3.8, 4) is 0 Å². The van der Waals surface area contributed by atoms with Gasteiger partial charge in [0.2, 0.25) is 12.3 Å². The van der Waals surface area contributed by atoms with Crippen LogP contribution in [0.2, 0.25) is 0 Å². The van der Waals surface area contributed by atoms with Crippen LogP contribution in [0.4, 0.5) is 13.2 Å². The third-order valence-corrected chi connectivity index (χ3v) is 5.94. The fraction of sp³-hybridized carbons (Fsp3) is 0.346. The highest BCUT2D eigenvalue weighted by Gasteiger charge is 2.51. The summed E-state index contributed by atoms with van der Waals surface area (Å²) in [5.41, 5.74) is 0.861. The Kier molecular flexibility index (Phi) is 8.19. The number of amides is 3. The zero-order valence-electron chi connectivity index (χ0n) is 20.1. The number of benzene rings is 2. The molecule has 0 saturated heterocycles. The number of hydrazine groups is 1. The summed E-state index contributed by atoms with van der Waals surface area (Å²) in [6.07, 6.45) is -6.60. The van der Waals surface area contributed by atoms with Gasteiger partial charge in [0.1, 0.15) is 6.04 Å². The van der Waals surface area contributed by atoms with E-state index in [1.807, 2.05) is 0 Å². The topological polar surface area (TPSA) is 81.2 Å². The molecule has 0 fully saturated rings. The van der Waals surface area contributed by atoms with E-state index in [-0.39, 0.29) is 12.1 Å². The number of aliphatic hydroxyl groups is 1. The molecule has 0 aliphatic carbocycles. The van der Waals surface area contributed by atoms with Crippen molar-refractivity contribution in [1.29, 1.82) is 0 Å². The number of nitrogens with zero attached hydrogens (tertiary/aromatic N) is 3. The van der Waals surface area contributed by atoms with E-state index in [9.17, 15) is 32.7 Å². The van der Waals surface area contributed by atoms with Gasteiger partial charge in [-0.2, -0.15) is 13.2 Å². The molecule has 7 nitrogen and oxygen atoms in total. The van der Waals surface area contributed by atoms with E-state index in [2.05, 4.69) is 0 Å². The lowest BCUT2D eigenvalue weighted by molar-refractivity contribution is -0.232. The Morgan fingerprint density at radius 1 is 1.08 bits per heavy atom. The summed E-state index contributed by atoms with van der Waals surface area (Å²) in [4.78, 5) is 39.8. The molecule has 3 atom stereocenters. The number of carbonyl (C=O) groups is 3. The van der Waals surface area contributed by atoms with Gasteiger partial charge >= 0.3 is 6.18 Å². The largest absolute Gasteiger partial charge is 0.416 e. The Balaban J connectivity index is 2.24. The minimum Gasteiger partial charge on any atom is -0.382 e. The third kappa shape index (κ3) is 5.59. The molecule has 1 aliphatic rings. The van der Waals surface area contributed by atoms with E-state index in [0.717, 1.165) is 16.8 Å². The predicted octanol–water partition coefficient (Wildman–Crippen LogP) is 3.61. The third-order valence-electron chi connectivity index (χ3n) is 5.94. The summed E-state index contributed by atoms with van der Waals surface area (Å²) in [5, 5.41) is 12.0. The first-order valence-corrected chi connectivity index (χ1v) is 11.4. The first-order valence-electron chi connectivity index (χ1n) is 11.4. The molecule has 3 rings (SSSR count). The van der Waals surface area contributed by atoms with Crippen LogP contribution in [0, 0.1) is 5.92 Å². The number of alkyl halides is 3. The molecule has 192 valence electrons. The van der Waals surface area contributed by atoms with Crippen LogP contribution in [0.15, 0.2) is 66.9 Å². The smallest absolute Gasteiger partial charge is 0.382 e. The second kappa shape index (κ2) is 10.9. The molecular formula is C26H28F3N3O4. The maximum atomic E-state index is 13.9. The average Bonchev–Trinajstić information content (AvgIpc) is 2.83. The van der Waals surface area contributed by atoms with Gasteiger partial charge in [-0.15, -0.1) is 0 Å². The minimum atomic E-state index is -5.07. The van der Waals surface area contributed by atoms with Crippen LogP contribution in [0.1, 0.15) is 31.9 Å². The molecule has 0 radical (unpaired) electrons. The molecule has 1 N–H and O–H groups in total. The fourth-order valence-corrected chi connectivity index (χ4v) is 4.33. The van der Waals surface area contributed by atoms with Crippen LogP contribution < -0.4 is 0 Å². The molecule has 3 amide bonds. The Labute approximate surface area is 207 Å². The van der Waals surface area contributed by atoms with E-state index >= 15 is 0 Å². The van der Waals surface area contributed by atoms with Crippen molar-refractivity contribution in [2.75, 3.05) is 0 Å². The normalized spacial score (nSPS) is 18.1. The molecule has 2 aromatic carbocycles. The zero-order valence-corrected chi connectivity index (χ0v) is 20.1.